The number of benzene rings is 2. The van der Waals surface area contributed by atoms with Crippen LogP contribution < -0.4 is 5.32 Å². The lowest BCUT2D eigenvalue weighted by molar-refractivity contribution is -0.117. The zero-order chi connectivity index (χ0) is 13.4. The lowest BCUT2D eigenvalue weighted by Crippen LogP contribution is -2.14. The first-order valence-corrected chi connectivity index (χ1v) is 6.30. The highest BCUT2D eigenvalue weighted by atomic mass is 19.1. The molecule has 0 bridgehead atoms. The van der Waals surface area contributed by atoms with Crippen molar-refractivity contribution in [2.75, 3.05) is 5.32 Å². The van der Waals surface area contributed by atoms with Crippen LogP contribution in [0.1, 0.15) is 22.6 Å². The highest BCUT2D eigenvalue weighted by Gasteiger charge is 2.31. The molecule has 96 valence electrons. The van der Waals surface area contributed by atoms with Gasteiger partial charge in [-0.05, 0) is 42.2 Å². The summed E-state index contributed by atoms with van der Waals surface area (Å²) in [5, 5.41) is 2.92. The van der Waals surface area contributed by atoms with E-state index in [-0.39, 0.29) is 17.6 Å². The van der Waals surface area contributed by atoms with Crippen molar-refractivity contribution in [2.45, 2.75) is 19.3 Å². The Bertz CT molecular complexity index is 651. The second-order valence-corrected chi connectivity index (χ2v) is 4.92. The number of anilines is 1. The summed E-state index contributed by atoms with van der Waals surface area (Å²) in [5.74, 6) is -0.495. The molecule has 3 rings (SSSR count). The molecular weight excluding hydrogens is 241 g/mol. The van der Waals surface area contributed by atoms with Crippen molar-refractivity contribution in [1.29, 1.82) is 0 Å². The Kier molecular flexibility index (Phi) is 2.82. The van der Waals surface area contributed by atoms with Gasteiger partial charge in [-0.15, -0.1) is 0 Å². The molecule has 1 N–H and O–H groups in total. The van der Waals surface area contributed by atoms with E-state index < -0.39 is 0 Å². The van der Waals surface area contributed by atoms with Crippen LogP contribution in [0.2, 0.25) is 0 Å². The first kappa shape index (κ1) is 11.9. The largest absolute Gasteiger partial charge is 0.325 e. The topological polar surface area (TPSA) is 29.1 Å². The molecule has 2 aromatic carbocycles. The number of para-hydroxylation sites is 1. The van der Waals surface area contributed by atoms with Gasteiger partial charge in [0.25, 0.3) is 0 Å². The standard InChI is InChI=1S/C16H14FNO/c1-10-4-2-7-13-14(16(19)18-15(10)13)9-11-5-3-6-12(17)8-11/h2-8,14H,9H2,1H3,(H,18,19). The zero-order valence-electron chi connectivity index (χ0n) is 10.6. The molecule has 1 amide bonds. The molecule has 19 heavy (non-hydrogen) atoms. The van der Waals surface area contributed by atoms with Gasteiger partial charge in [-0.2, -0.15) is 0 Å². The number of nitrogens with one attached hydrogen (secondary N) is 1. The summed E-state index contributed by atoms with van der Waals surface area (Å²) in [4.78, 5) is 12.1. The van der Waals surface area contributed by atoms with Crippen molar-refractivity contribution in [3.8, 4) is 0 Å². The molecule has 3 heteroatoms. The van der Waals surface area contributed by atoms with Gasteiger partial charge >= 0.3 is 0 Å². The van der Waals surface area contributed by atoms with Gasteiger partial charge in [0.2, 0.25) is 5.91 Å². The molecule has 0 saturated heterocycles. The highest BCUT2D eigenvalue weighted by Crippen LogP contribution is 2.36. The minimum absolute atomic E-state index is 0.00596. The van der Waals surface area contributed by atoms with E-state index in [1.807, 2.05) is 31.2 Å². The van der Waals surface area contributed by atoms with Gasteiger partial charge in [0.1, 0.15) is 5.82 Å². The van der Waals surface area contributed by atoms with Gasteiger partial charge < -0.3 is 5.32 Å². The predicted molar refractivity (Wildman–Crippen MR) is 72.7 cm³/mol. The number of aryl methyl sites for hydroxylation is 1. The maximum absolute atomic E-state index is 13.2. The monoisotopic (exact) mass is 255 g/mol. The van der Waals surface area contributed by atoms with Crippen LogP contribution in [0.25, 0.3) is 0 Å². The third kappa shape index (κ3) is 2.12. The fourth-order valence-corrected chi connectivity index (χ4v) is 2.61. The van der Waals surface area contributed by atoms with Crippen molar-refractivity contribution >= 4 is 11.6 Å². The molecule has 1 atom stereocenters. The molecule has 0 aliphatic carbocycles. The second kappa shape index (κ2) is 4.50. The Balaban J connectivity index is 1.95. The number of hydrogen-bond acceptors (Lipinski definition) is 1. The highest BCUT2D eigenvalue weighted by molar-refractivity contribution is 6.03. The number of halogens is 1. The molecule has 0 radical (unpaired) electrons. The number of carbonyl (C=O) groups is 1. The van der Waals surface area contributed by atoms with E-state index in [0.29, 0.717) is 6.42 Å². The van der Waals surface area contributed by atoms with Gasteiger partial charge in [-0.1, -0.05) is 30.3 Å². The van der Waals surface area contributed by atoms with Gasteiger partial charge in [-0.25, -0.2) is 4.39 Å². The van der Waals surface area contributed by atoms with Gasteiger partial charge in [0.15, 0.2) is 0 Å². The number of rotatable bonds is 2. The number of carbonyl (C=O) groups excluding carboxylic acids is 1. The molecule has 0 aromatic heterocycles. The molecule has 2 nitrogen and oxygen atoms in total. The van der Waals surface area contributed by atoms with Crippen LogP contribution in [0.4, 0.5) is 10.1 Å². The predicted octanol–water partition coefficient (Wildman–Crippen LogP) is 3.41. The third-order valence-electron chi connectivity index (χ3n) is 3.57. The van der Waals surface area contributed by atoms with Crippen LogP contribution in [0.15, 0.2) is 42.5 Å². The van der Waals surface area contributed by atoms with Crippen LogP contribution in [0.3, 0.4) is 0 Å². The number of amides is 1. The summed E-state index contributed by atoms with van der Waals surface area (Å²) >= 11 is 0. The molecule has 1 heterocycles. The van der Waals surface area contributed by atoms with Gasteiger partial charge in [-0.3, -0.25) is 4.79 Å². The van der Waals surface area contributed by atoms with Crippen LogP contribution in [-0.2, 0) is 11.2 Å². The molecule has 0 saturated carbocycles. The summed E-state index contributed by atoms with van der Waals surface area (Å²) in [6.45, 7) is 1.98. The third-order valence-corrected chi connectivity index (χ3v) is 3.57. The zero-order valence-corrected chi connectivity index (χ0v) is 10.6. The Hall–Kier alpha value is -2.16. The van der Waals surface area contributed by atoms with Crippen LogP contribution in [0.5, 0.6) is 0 Å². The lowest BCUT2D eigenvalue weighted by atomic mass is 9.92. The van der Waals surface area contributed by atoms with Crippen molar-refractivity contribution in [1.82, 2.24) is 0 Å². The first-order chi connectivity index (χ1) is 9.15. The Morgan fingerprint density at radius 3 is 2.79 bits per heavy atom. The average molecular weight is 255 g/mol. The second-order valence-electron chi connectivity index (χ2n) is 4.92. The molecule has 2 aromatic rings. The Morgan fingerprint density at radius 1 is 1.21 bits per heavy atom. The molecule has 1 aliphatic rings. The lowest BCUT2D eigenvalue weighted by Gasteiger charge is -2.09. The van der Waals surface area contributed by atoms with E-state index in [4.69, 9.17) is 0 Å². The molecular formula is C16H14FNO. The van der Waals surface area contributed by atoms with E-state index in [2.05, 4.69) is 5.32 Å². The number of hydrogen-bond donors (Lipinski definition) is 1. The van der Waals surface area contributed by atoms with E-state index in [1.165, 1.54) is 12.1 Å². The van der Waals surface area contributed by atoms with Crippen LogP contribution >= 0.6 is 0 Å². The Morgan fingerprint density at radius 2 is 2.00 bits per heavy atom. The minimum atomic E-state index is -0.264. The quantitative estimate of drug-likeness (QED) is 0.875. The maximum Gasteiger partial charge on any atom is 0.232 e. The average Bonchev–Trinajstić information content (AvgIpc) is 2.69. The Labute approximate surface area is 111 Å². The number of fused-ring (bicyclic) bond motifs is 1. The van der Waals surface area contributed by atoms with Crippen molar-refractivity contribution in [3.63, 3.8) is 0 Å². The summed E-state index contributed by atoms with van der Waals surface area (Å²) in [5.41, 5.74) is 3.82. The van der Waals surface area contributed by atoms with Crippen LogP contribution in [-0.4, -0.2) is 5.91 Å². The molecule has 1 aliphatic heterocycles. The van der Waals surface area contributed by atoms with Crippen LogP contribution in [0, 0.1) is 12.7 Å². The summed E-state index contributed by atoms with van der Waals surface area (Å²) < 4.78 is 13.2. The fraction of sp³-hybridized carbons (Fsp3) is 0.188. The maximum atomic E-state index is 13.2. The first-order valence-electron chi connectivity index (χ1n) is 6.30. The summed E-state index contributed by atoms with van der Waals surface area (Å²) in [6.07, 6.45) is 0.528. The van der Waals surface area contributed by atoms with Crippen molar-refractivity contribution in [2.24, 2.45) is 0 Å². The summed E-state index contributed by atoms with van der Waals surface area (Å²) in [6, 6.07) is 12.3. The van der Waals surface area contributed by atoms with E-state index in [9.17, 15) is 9.18 Å². The minimum Gasteiger partial charge on any atom is -0.325 e. The molecule has 0 spiro atoms. The smallest absolute Gasteiger partial charge is 0.232 e. The van der Waals surface area contributed by atoms with Crippen molar-refractivity contribution < 1.29 is 9.18 Å². The van der Waals surface area contributed by atoms with Gasteiger partial charge in [0.05, 0.1) is 5.92 Å². The normalized spacial score (nSPS) is 17.2. The molecule has 1 unspecified atom stereocenters. The van der Waals surface area contributed by atoms with E-state index >= 15 is 0 Å². The van der Waals surface area contributed by atoms with Gasteiger partial charge in [0, 0.05) is 5.69 Å². The summed E-state index contributed by atoms with van der Waals surface area (Å²) in [7, 11) is 0. The fourth-order valence-electron chi connectivity index (χ4n) is 2.61. The van der Waals surface area contributed by atoms with E-state index in [1.54, 1.807) is 6.07 Å². The molecule has 0 fully saturated rings. The SMILES string of the molecule is Cc1cccc2c1NC(=O)C2Cc1cccc(F)c1. The van der Waals surface area contributed by atoms with E-state index in [0.717, 1.165) is 22.4 Å². The van der Waals surface area contributed by atoms with Crippen molar-refractivity contribution in [3.05, 3.63) is 65.0 Å².